The van der Waals surface area contributed by atoms with Gasteiger partial charge in [0, 0.05) is 5.41 Å². The Hall–Kier alpha value is -0.0800. The molecule has 0 atom stereocenters. The van der Waals surface area contributed by atoms with Crippen molar-refractivity contribution in [2.24, 2.45) is 16.2 Å². The minimum absolute atomic E-state index is 0.142. The first kappa shape index (κ1) is 11.4. The maximum absolute atomic E-state index is 10.6. The van der Waals surface area contributed by atoms with E-state index in [1.54, 1.807) is 0 Å². The molecule has 0 unspecified atom stereocenters. The summed E-state index contributed by atoms with van der Waals surface area (Å²) in [7, 11) is 0. The van der Waals surface area contributed by atoms with E-state index in [9.17, 15) is 10.2 Å². The summed E-state index contributed by atoms with van der Waals surface area (Å²) in [6.45, 7) is 8.96. The average Bonchev–Trinajstić information content (AvgIpc) is 1.94. The van der Waals surface area contributed by atoms with Crippen LogP contribution in [0.5, 0.6) is 0 Å². The third-order valence-electron chi connectivity index (χ3n) is 4.47. The fourth-order valence-electron chi connectivity index (χ4n) is 4.27. The van der Waals surface area contributed by atoms with Gasteiger partial charge in [-0.25, -0.2) is 0 Å². The van der Waals surface area contributed by atoms with Crippen LogP contribution in [-0.2, 0) is 0 Å². The summed E-state index contributed by atoms with van der Waals surface area (Å²) < 4.78 is 0. The quantitative estimate of drug-likeness (QED) is 0.737. The Morgan fingerprint density at radius 3 is 1.53 bits per heavy atom. The zero-order valence-electron chi connectivity index (χ0n) is 10.4. The van der Waals surface area contributed by atoms with Crippen LogP contribution in [0.1, 0.15) is 53.4 Å². The molecule has 0 heterocycles. The van der Waals surface area contributed by atoms with E-state index in [1.165, 1.54) is 0 Å². The van der Waals surface area contributed by atoms with Gasteiger partial charge in [-0.1, -0.05) is 27.7 Å². The fourth-order valence-corrected chi connectivity index (χ4v) is 4.27. The molecule has 88 valence electrons. The summed E-state index contributed by atoms with van der Waals surface area (Å²) in [6, 6.07) is 0. The van der Waals surface area contributed by atoms with Crippen LogP contribution in [0.15, 0.2) is 0 Å². The van der Waals surface area contributed by atoms with Gasteiger partial charge in [0.1, 0.15) is 0 Å². The number of hydrogen-bond acceptors (Lipinski definition) is 2. The molecular weight excluding hydrogens is 188 g/mol. The molecule has 0 aromatic carbocycles. The molecule has 0 saturated heterocycles. The fraction of sp³-hybridized carbons (Fsp3) is 1.00. The molecule has 2 aliphatic carbocycles. The van der Waals surface area contributed by atoms with Crippen LogP contribution in [0.25, 0.3) is 0 Å². The Balaban J connectivity index is 2.10. The first-order chi connectivity index (χ1) is 6.64. The van der Waals surface area contributed by atoms with Crippen LogP contribution in [0, 0.1) is 16.2 Å². The number of aliphatic hydroxyl groups excluding tert-OH is 1. The highest BCUT2D eigenvalue weighted by molar-refractivity contribution is 5.16. The molecular formula is C13H24O2. The monoisotopic (exact) mass is 212 g/mol. The van der Waals surface area contributed by atoms with E-state index >= 15 is 0 Å². The van der Waals surface area contributed by atoms with Gasteiger partial charge in [-0.15, -0.1) is 0 Å². The SMILES string of the molecule is CC1(C)CC(O)(C2(CO)CC(C)(C)C2)C1. The molecule has 2 heteroatoms. The van der Waals surface area contributed by atoms with Gasteiger partial charge in [0.05, 0.1) is 12.2 Å². The molecule has 15 heavy (non-hydrogen) atoms. The Kier molecular flexibility index (Phi) is 2.11. The Labute approximate surface area is 92.7 Å². The molecule has 0 aromatic rings. The molecule has 2 nitrogen and oxygen atoms in total. The second kappa shape index (κ2) is 2.78. The summed E-state index contributed by atoms with van der Waals surface area (Å²) in [6.07, 6.45) is 3.61. The molecule has 0 aromatic heterocycles. The second-order valence-electron chi connectivity index (χ2n) is 7.51. The minimum atomic E-state index is -0.596. The summed E-state index contributed by atoms with van der Waals surface area (Å²) >= 11 is 0. The van der Waals surface area contributed by atoms with Gasteiger partial charge >= 0.3 is 0 Å². The van der Waals surface area contributed by atoms with Gasteiger partial charge in [0.25, 0.3) is 0 Å². The van der Waals surface area contributed by atoms with Crippen LogP contribution >= 0.6 is 0 Å². The molecule has 0 spiro atoms. The first-order valence-electron chi connectivity index (χ1n) is 5.97. The third kappa shape index (κ3) is 1.53. The van der Waals surface area contributed by atoms with E-state index in [1.807, 2.05) is 0 Å². The van der Waals surface area contributed by atoms with Gasteiger partial charge in [-0.05, 0) is 36.5 Å². The normalized spacial score (nSPS) is 34.0. The number of hydrogen-bond donors (Lipinski definition) is 2. The zero-order chi connectivity index (χ0) is 11.5. The van der Waals surface area contributed by atoms with Crippen LogP contribution < -0.4 is 0 Å². The Bertz CT molecular complexity index is 262. The molecule has 0 aliphatic heterocycles. The van der Waals surface area contributed by atoms with Gasteiger partial charge in [0.15, 0.2) is 0 Å². The molecule has 2 saturated carbocycles. The lowest BCUT2D eigenvalue weighted by Crippen LogP contribution is -2.67. The molecule has 0 amide bonds. The highest BCUT2D eigenvalue weighted by Crippen LogP contribution is 2.67. The summed E-state index contributed by atoms with van der Waals surface area (Å²) in [5.74, 6) is 0. The van der Waals surface area contributed by atoms with Crippen molar-refractivity contribution in [3.05, 3.63) is 0 Å². The summed E-state index contributed by atoms with van der Waals surface area (Å²) in [5, 5.41) is 20.2. The second-order valence-corrected chi connectivity index (χ2v) is 7.51. The van der Waals surface area contributed by atoms with Crippen molar-refractivity contribution in [1.82, 2.24) is 0 Å². The lowest BCUT2D eigenvalue weighted by molar-refractivity contribution is -0.261. The van der Waals surface area contributed by atoms with Crippen molar-refractivity contribution >= 4 is 0 Å². The number of aliphatic hydroxyl groups is 2. The van der Waals surface area contributed by atoms with Crippen LogP contribution in [0.4, 0.5) is 0 Å². The maximum Gasteiger partial charge on any atom is 0.0736 e. The lowest BCUT2D eigenvalue weighted by atomic mass is 9.41. The summed E-state index contributed by atoms with van der Waals surface area (Å²) in [4.78, 5) is 0. The van der Waals surface area contributed by atoms with E-state index in [0.29, 0.717) is 5.41 Å². The minimum Gasteiger partial charge on any atom is -0.396 e. The van der Waals surface area contributed by atoms with Crippen molar-refractivity contribution < 1.29 is 10.2 Å². The van der Waals surface area contributed by atoms with Crippen LogP contribution in [0.2, 0.25) is 0 Å². The lowest BCUT2D eigenvalue weighted by Gasteiger charge is -2.67. The molecule has 2 rings (SSSR count). The Morgan fingerprint density at radius 1 is 0.867 bits per heavy atom. The maximum atomic E-state index is 10.6. The molecule has 2 aliphatic rings. The van der Waals surface area contributed by atoms with Gasteiger partial charge < -0.3 is 10.2 Å². The highest BCUT2D eigenvalue weighted by atomic mass is 16.3. The predicted octanol–water partition coefficient (Wildman–Crippen LogP) is 2.34. The molecule has 2 fully saturated rings. The van der Waals surface area contributed by atoms with Crippen LogP contribution in [-0.4, -0.2) is 22.4 Å². The molecule has 0 bridgehead atoms. The smallest absolute Gasteiger partial charge is 0.0736 e. The average molecular weight is 212 g/mol. The van der Waals surface area contributed by atoms with Crippen molar-refractivity contribution in [2.75, 3.05) is 6.61 Å². The zero-order valence-corrected chi connectivity index (χ0v) is 10.4. The van der Waals surface area contributed by atoms with E-state index in [4.69, 9.17) is 0 Å². The van der Waals surface area contributed by atoms with Crippen molar-refractivity contribution in [3.63, 3.8) is 0 Å². The van der Waals surface area contributed by atoms with Crippen molar-refractivity contribution in [3.8, 4) is 0 Å². The third-order valence-corrected chi connectivity index (χ3v) is 4.47. The topological polar surface area (TPSA) is 40.5 Å². The van der Waals surface area contributed by atoms with E-state index in [-0.39, 0.29) is 17.4 Å². The van der Waals surface area contributed by atoms with Crippen LogP contribution in [0.3, 0.4) is 0 Å². The van der Waals surface area contributed by atoms with Crippen molar-refractivity contribution in [2.45, 2.75) is 59.0 Å². The predicted molar refractivity (Wildman–Crippen MR) is 60.5 cm³/mol. The number of rotatable bonds is 2. The van der Waals surface area contributed by atoms with E-state index in [0.717, 1.165) is 25.7 Å². The van der Waals surface area contributed by atoms with Gasteiger partial charge in [-0.2, -0.15) is 0 Å². The molecule has 0 radical (unpaired) electrons. The van der Waals surface area contributed by atoms with Gasteiger partial charge in [0.2, 0.25) is 0 Å². The van der Waals surface area contributed by atoms with E-state index in [2.05, 4.69) is 27.7 Å². The summed E-state index contributed by atoms with van der Waals surface area (Å²) in [5.41, 5.74) is -0.234. The Morgan fingerprint density at radius 2 is 1.27 bits per heavy atom. The van der Waals surface area contributed by atoms with E-state index < -0.39 is 5.60 Å². The highest BCUT2D eigenvalue weighted by Gasteiger charge is 2.66. The van der Waals surface area contributed by atoms with Gasteiger partial charge in [-0.3, -0.25) is 0 Å². The largest absolute Gasteiger partial charge is 0.396 e. The van der Waals surface area contributed by atoms with Crippen molar-refractivity contribution in [1.29, 1.82) is 0 Å². The standard InChI is InChI=1S/C13H24O2/c1-10(2)5-12(6-10,9-14)13(15)7-11(3,4)8-13/h14-15H,5-9H2,1-4H3. The first-order valence-corrected chi connectivity index (χ1v) is 5.97. The molecule has 2 N–H and O–H groups in total.